The Balaban J connectivity index is 2.50. The van der Waals surface area contributed by atoms with Gasteiger partial charge in [-0.25, -0.2) is 0 Å². The maximum Gasteiger partial charge on any atom is 0.0561 e. The van der Waals surface area contributed by atoms with Crippen LogP contribution in [0.2, 0.25) is 5.02 Å². The van der Waals surface area contributed by atoms with Crippen LogP contribution in [0.15, 0.2) is 11.4 Å². The molecule has 1 N–H and O–H groups in total. The Morgan fingerprint density at radius 1 is 1.64 bits per heavy atom. The van der Waals surface area contributed by atoms with Crippen LogP contribution in [0.3, 0.4) is 0 Å². The lowest BCUT2D eigenvalue weighted by Gasteiger charge is -2.14. The molecule has 0 bridgehead atoms. The zero-order valence-electron chi connectivity index (χ0n) is 8.55. The SMILES string of the molecule is CCOCCC(NC)c1sccc1Cl. The molecule has 1 atom stereocenters. The van der Waals surface area contributed by atoms with E-state index in [4.69, 9.17) is 16.3 Å². The Morgan fingerprint density at radius 3 is 2.93 bits per heavy atom. The molecule has 80 valence electrons. The van der Waals surface area contributed by atoms with Crippen LogP contribution in [0.4, 0.5) is 0 Å². The molecule has 1 aromatic heterocycles. The van der Waals surface area contributed by atoms with Crippen LogP contribution in [0.25, 0.3) is 0 Å². The molecule has 0 saturated carbocycles. The quantitative estimate of drug-likeness (QED) is 0.763. The zero-order valence-corrected chi connectivity index (χ0v) is 10.1. The fourth-order valence-electron chi connectivity index (χ4n) is 1.31. The van der Waals surface area contributed by atoms with Crippen molar-refractivity contribution in [2.75, 3.05) is 20.3 Å². The highest BCUT2D eigenvalue weighted by Gasteiger charge is 2.13. The van der Waals surface area contributed by atoms with Crippen LogP contribution < -0.4 is 5.32 Å². The lowest BCUT2D eigenvalue weighted by molar-refractivity contribution is 0.137. The molecule has 0 saturated heterocycles. The third-order valence-electron chi connectivity index (χ3n) is 2.06. The van der Waals surface area contributed by atoms with Crippen molar-refractivity contribution in [3.63, 3.8) is 0 Å². The summed E-state index contributed by atoms with van der Waals surface area (Å²) in [5.41, 5.74) is 0. The molecule has 1 aromatic rings. The zero-order chi connectivity index (χ0) is 10.4. The summed E-state index contributed by atoms with van der Waals surface area (Å²) < 4.78 is 5.33. The molecule has 0 aliphatic rings. The monoisotopic (exact) mass is 233 g/mol. The van der Waals surface area contributed by atoms with Crippen molar-refractivity contribution in [3.05, 3.63) is 21.3 Å². The van der Waals surface area contributed by atoms with Crippen molar-refractivity contribution < 1.29 is 4.74 Å². The summed E-state index contributed by atoms with van der Waals surface area (Å²) in [6, 6.07) is 2.25. The molecule has 0 amide bonds. The summed E-state index contributed by atoms with van der Waals surface area (Å²) in [5, 5.41) is 6.12. The predicted molar refractivity (Wildman–Crippen MR) is 62.2 cm³/mol. The summed E-state index contributed by atoms with van der Waals surface area (Å²) >= 11 is 7.75. The second-order valence-electron chi connectivity index (χ2n) is 2.96. The van der Waals surface area contributed by atoms with Gasteiger partial charge in [-0.3, -0.25) is 0 Å². The molecule has 0 radical (unpaired) electrons. The van der Waals surface area contributed by atoms with Crippen molar-refractivity contribution >= 4 is 22.9 Å². The fourth-order valence-corrected chi connectivity index (χ4v) is 2.64. The smallest absolute Gasteiger partial charge is 0.0561 e. The molecular formula is C10H16ClNOS. The number of rotatable bonds is 6. The summed E-state index contributed by atoms with van der Waals surface area (Å²) in [6.07, 6.45) is 0.963. The van der Waals surface area contributed by atoms with E-state index in [1.165, 1.54) is 4.88 Å². The molecule has 0 aliphatic carbocycles. The lowest BCUT2D eigenvalue weighted by Crippen LogP contribution is -2.17. The molecule has 0 aromatic carbocycles. The highest BCUT2D eigenvalue weighted by atomic mass is 35.5. The number of halogens is 1. The maximum atomic E-state index is 6.06. The standard InChI is InChI=1S/C10H16ClNOS/c1-3-13-6-4-9(12-2)10-8(11)5-7-14-10/h5,7,9,12H,3-4,6H2,1-2H3. The van der Waals surface area contributed by atoms with Crippen LogP contribution in [-0.2, 0) is 4.74 Å². The van der Waals surface area contributed by atoms with Gasteiger partial charge in [-0.1, -0.05) is 11.6 Å². The van der Waals surface area contributed by atoms with Gasteiger partial charge in [0.1, 0.15) is 0 Å². The van der Waals surface area contributed by atoms with Gasteiger partial charge in [0.05, 0.1) is 5.02 Å². The Bertz CT molecular complexity index is 264. The number of ether oxygens (including phenoxy) is 1. The van der Waals surface area contributed by atoms with E-state index in [-0.39, 0.29) is 0 Å². The highest BCUT2D eigenvalue weighted by Crippen LogP contribution is 2.30. The van der Waals surface area contributed by atoms with E-state index in [1.54, 1.807) is 11.3 Å². The van der Waals surface area contributed by atoms with Gasteiger partial charge in [0.2, 0.25) is 0 Å². The largest absolute Gasteiger partial charge is 0.382 e. The van der Waals surface area contributed by atoms with E-state index in [1.807, 2.05) is 25.4 Å². The van der Waals surface area contributed by atoms with Crippen molar-refractivity contribution in [3.8, 4) is 0 Å². The molecule has 0 fully saturated rings. The van der Waals surface area contributed by atoms with Gasteiger partial charge in [-0.05, 0) is 31.8 Å². The van der Waals surface area contributed by atoms with Gasteiger partial charge < -0.3 is 10.1 Å². The number of nitrogens with one attached hydrogen (secondary N) is 1. The number of hydrogen-bond acceptors (Lipinski definition) is 3. The van der Waals surface area contributed by atoms with Crippen molar-refractivity contribution in [1.82, 2.24) is 5.32 Å². The minimum Gasteiger partial charge on any atom is -0.382 e. The van der Waals surface area contributed by atoms with E-state index in [0.717, 1.165) is 24.7 Å². The van der Waals surface area contributed by atoms with Gasteiger partial charge in [0.15, 0.2) is 0 Å². The molecule has 1 heterocycles. The second kappa shape index (κ2) is 6.40. The van der Waals surface area contributed by atoms with Crippen LogP contribution >= 0.6 is 22.9 Å². The molecule has 1 rings (SSSR count). The molecule has 0 aliphatic heterocycles. The minimum absolute atomic E-state index is 0.314. The van der Waals surface area contributed by atoms with Crippen molar-refractivity contribution in [1.29, 1.82) is 0 Å². The first-order valence-corrected chi connectivity index (χ1v) is 6.03. The first-order valence-electron chi connectivity index (χ1n) is 4.77. The van der Waals surface area contributed by atoms with Gasteiger partial charge in [0.25, 0.3) is 0 Å². The summed E-state index contributed by atoms with van der Waals surface area (Å²) in [7, 11) is 1.95. The Hall–Kier alpha value is -0.0900. The van der Waals surface area contributed by atoms with Crippen molar-refractivity contribution in [2.45, 2.75) is 19.4 Å². The normalized spacial score (nSPS) is 13.1. The summed E-state index contributed by atoms with van der Waals surface area (Å²) in [6.45, 7) is 3.55. The Kier molecular flexibility index (Phi) is 5.48. The van der Waals surface area contributed by atoms with E-state index < -0.39 is 0 Å². The summed E-state index contributed by atoms with van der Waals surface area (Å²) in [5.74, 6) is 0. The van der Waals surface area contributed by atoms with E-state index in [2.05, 4.69) is 5.32 Å². The van der Waals surface area contributed by atoms with Crippen LogP contribution in [0, 0.1) is 0 Å². The lowest BCUT2D eigenvalue weighted by atomic mass is 10.2. The summed E-state index contributed by atoms with van der Waals surface area (Å²) in [4.78, 5) is 1.20. The molecule has 4 heteroatoms. The van der Waals surface area contributed by atoms with E-state index in [0.29, 0.717) is 6.04 Å². The Morgan fingerprint density at radius 2 is 2.43 bits per heavy atom. The average molecular weight is 234 g/mol. The Labute approximate surface area is 94.2 Å². The van der Waals surface area contributed by atoms with Crippen LogP contribution in [0.1, 0.15) is 24.3 Å². The minimum atomic E-state index is 0.314. The maximum absolute atomic E-state index is 6.06. The first kappa shape index (κ1) is 12.0. The van der Waals surface area contributed by atoms with Gasteiger partial charge in [-0.2, -0.15) is 0 Å². The van der Waals surface area contributed by atoms with Crippen molar-refractivity contribution in [2.24, 2.45) is 0 Å². The number of hydrogen-bond donors (Lipinski definition) is 1. The third-order valence-corrected chi connectivity index (χ3v) is 3.54. The van der Waals surface area contributed by atoms with E-state index in [9.17, 15) is 0 Å². The number of thiophene rings is 1. The third kappa shape index (κ3) is 3.24. The van der Waals surface area contributed by atoms with Gasteiger partial charge >= 0.3 is 0 Å². The fraction of sp³-hybridized carbons (Fsp3) is 0.600. The first-order chi connectivity index (χ1) is 6.79. The average Bonchev–Trinajstić information content (AvgIpc) is 2.60. The predicted octanol–water partition coefficient (Wildman–Crippen LogP) is 3.09. The molecule has 14 heavy (non-hydrogen) atoms. The molecule has 0 spiro atoms. The van der Waals surface area contributed by atoms with E-state index >= 15 is 0 Å². The van der Waals surface area contributed by atoms with Gasteiger partial charge in [0, 0.05) is 24.1 Å². The highest BCUT2D eigenvalue weighted by molar-refractivity contribution is 7.10. The molecule has 2 nitrogen and oxygen atoms in total. The van der Waals surface area contributed by atoms with Crippen LogP contribution in [0.5, 0.6) is 0 Å². The van der Waals surface area contributed by atoms with Crippen LogP contribution in [-0.4, -0.2) is 20.3 Å². The van der Waals surface area contributed by atoms with Gasteiger partial charge in [-0.15, -0.1) is 11.3 Å². The molecule has 1 unspecified atom stereocenters. The molecular weight excluding hydrogens is 218 g/mol. The second-order valence-corrected chi connectivity index (χ2v) is 4.31. The topological polar surface area (TPSA) is 21.3 Å².